The van der Waals surface area contributed by atoms with Crippen LogP contribution in [0, 0.1) is 6.92 Å². The average Bonchev–Trinajstić information content (AvgIpc) is 2.89. The van der Waals surface area contributed by atoms with Crippen molar-refractivity contribution in [1.29, 1.82) is 0 Å². The molecule has 1 N–H and O–H groups in total. The summed E-state index contributed by atoms with van der Waals surface area (Å²) >= 11 is 3.38. The number of methoxy groups -OCH3 is 1. The van der Waals surface area contributed by atoms with Crippen LogP contribution >= 0.6 is 15.9 Å². The molecular formula is C16H13BrN2O2. The van der Waals surface area contributed by atoms with Crippen molar-refractivity contribution in [2.24, 2.45) is 0 Å². The lowest BCUT2D eigenvalue weighted by atomic mass is 10.0. The van der Waals surface area contributed by atoms with Gasteiger partial charge < -0.3 is 9.72 Å². The van der Waals surface area contributed by atoms with Crippen molar-refractivity contribution in [1.82, 2.24) is 9.97 Å². The highest BCUT2D eigenvalue weighted by molar-refractivity contribution is 9.10. The van der Waals surface area contributed by atoms with Crippen molar-refractivity contribution in [3.8, 4) is 5.75 Å². The maximum absolute atomic E-state index is 12.8. The van der Waals surface area contributed by atoms with Gasteiger partial charge in [-0.2, -0.15) is 0 Å². The predicted molar refractivity (Wildman–Crippen MR) is 85.0 cm³/mol. The van der Waals surface area contributed by atoms with Crippen molar-refractivity contribution in [2.75, 3.05) is 7.11 Å². The van der Waals surface area contributed by atoms with Gasteiger partial charge >= 0.3 is 0 Å². The summed E-state index contributed by atoms with van der Waals surface area (Å²) in [5, 5.41) is 0.790. The Kier molecular flexibility index (Phi) is 3.51. The molecule has 106 valence electrons. The Morgan fingerprint density at radius 3 is 2.86 bits per heavy atom. The van der Waals surface area contributed by atoms with Gasteiger partial charge in [-0.25, -0.2) is 4.98 Å². The Morgan fingerprint density at radius 1 is 1.29 bits per heavy atom. The summed E-state index contributed by atoms with van der Waals surface area (Å²) in [5.41, 5.74) is 2.84. The van der Waals surface area contributed by atoms with Crippen LogP contribution in [0.2, 0.25) is 0 Å². The number of halogens is 1. The topological polar surface area (TPSA) is 55.0 Å². The Hall–Kier alpha value is -2.14. The Balaban J connectivity index is 2.17. The van der Waals surface area contributed by atoms with E-state index in [-0.39, 0.29) is 5.78 Å². The highest BCUT2D eigenvalue weighted by Crippen LogP contribution is 2.27. The number of hydrogen-bond donors (Lipinski definition) is 1. The van der Waals surface area contributed by atoms with Crippen molar-refractivity contribution >= 4 is 32.7 Å². The minimum absolute atomic E-state index is 0.0818. The van der Waals surface area contributed by atoms with E-state index >= 15 is 0 Å². The molecule has 0 aliphatic heterocycles. The molecule has 0 spiro atoms. The first-order chi connectivity index (χ1) is 10.1. The number of nitrogens with one attached hydrogen (secondary N) is 1. The van der Waals surface area contributed by atoms with E-state index in [4.69, 9.17) is 4.74 Å². The van der Waals surface area contributed by atoms with Crippen molar-refractivity contribution in [3.63, 3.8) is 0 Å². The summed E-state index contributed by atoms with van der Waals surface area (Å²) in [5.74, 6) is 0.490. The number of aromatic nitrogens is 2. The van der Waals surface area contributed by atoms with Crippen LogP contribution in [0.25, 0.3) is 11.0 Å². The normalized spacial score (nSPS) is 10.8. The van der Waals surface area contributed by atoms with Gasteiger partial charge in [-0.05, 0) is 41.1 Å². The summed E-state index contributed by atoms with van der Waals surface area (Å²) in [4.78, 5) is 20.1. The number of carbonyl (C=O) groups excluding carboxylic acids is 1. The molecule has 21 heavy (non-hydrogen) atoms. The van der Waals surface area contributed by atoms with Gasteiger partial charge in [-0.1, -0.05) is 11.6 Å². The molecular weight excluding hydrogens is 332 g/mol. The maximum Gasteiger partial charge on any atom is 0.198 e. The molecule has 2 heterocycles. The fourth-order valence-corrected chi connectivity index (χ4v) is 2.64. The number of nitrogens with zero attached hydrogens (tertiary/aromatic N) is 1. The Labute approximate surface area is 130 Å². The molecule has 0 radical (unpaired) electrons. The third-order valence-corrected chi connectivity index (χ3v) is 3.78. The van der Waals surface area contributed by atoms with E-state index in [1.807, 2.05) is 31.2 Å². The van der Waals surface area contributed by atoms with E-state index in [0.29, 0.717) is 22.5 Å². The molecule has 0 aliphatic rings. The molecule has 4 nitrogen and oxygen atoms in total. The van der Waals surface area contributed by atoms with Crippen LogP contribution in [0.4, 0.5) is 0 Å². The molecule has 3 aromatic rings. The molecule has 1 aromatic carbocycles. The minimum Gasteiger partial charge on any atom is -0.496 e. The maximum atomic E-state index is 12.8. The zero-order chi connectivity index (χ0) is 15.0. The number of pyridine rings is 1. The van der Waals surface area contributed by atoms with E-state index in [1.54, 1.807) is 19.5 Å². The van der Waals surface area contributed by atoms with Crippen LogP contribution in [0.15, 0.2) is 41.1 Å². The van der Waals surface area contributed by atoms with E-state index in [1.165, 1.54) is 0 Å². The number of ketones is 1. The van der Waals surface area contributed by atoms with Crippen LogP contribution in [0.3, 0.4) is 0 Å². The summed E-state index contributed by atoms with van der Waals surface area (Å²) in [6, 6.07) is 7.45. The fraction of sp³-hybridized carbons (Fsp3) is 0.125. The minimum atomic E-state index is -0.0818. The molecule has 2 aromatic heterocycles. The summed E-state index contributed by atoms with van der Waals surface area (Å²) in [6.07, 6.45) is 3.38. The standard InChI is InChI=1S/C16H13BrN2O2/c1-9-3-4-14(21-2)12(5-9)15(20)13-8-19-16-11(13)6-10(17)7-18-16/h3-8H,1-2H3,(H,18,19). The Bertz CT molecular complexity index is 839. The number of benzene rings is 1. The number of fused-ring (bicyclic) bond motifs is 1. The molecule has 5 heteroatoms. The van der Waals surface area contributed by atoms with Gasteiger partial charge in [0.1, 0.15) is 11.4 Å². The SMILES string of the molecule is COc1ccc(C)cc1C(=O)c1c[nH]c2ncc(Br)cc12. The Morgan fingerprint density at radius 2 is 2.10 bits per heavy atom. The lowest BCUT2D eigenvalue weighted by molar-refractivity contribution is 0.103. The second kappa shape index (κ2) is 5.33. The molecule has 0 unspecified atom stereocenters. The molecule has 0 amide bonds. The molecule has 0 bridgehead atoms. The first-order valence-electron chi connectivity index (χ1n) is 6.42. The number of hydrogen-bond acceptors (Lipinski definition) is 3. The van der Waals surface area contributed by atoms with Gasteiger partial charge in [0.2, 0.25) is 0 Å². The number of aryl methyl sites for hydroxylation is 1. The smallest absolute Gasteiger partial charge is 0.198 e. The first-order valence-corrected chi connectivity index (χ1v) is 7.21. The predicted octanol–water partition coefficient (Wildman–Crippen LogP) is 3.87. The molecule has 0 saturated carbocycles. The zero-order valence-corrected chi connectivity index (χ0v) is 13.2. The molecule has 0 fully saturated rings. The van der Waals surface area contributed by atoms with Gasteiger partial charge in [0.25, 0.3) is 0 Å². The summed E-state index contributed by atoms with van der Waals surface area (Å²) in [6.45, 7) is 1.95. The number of aromatic amines is 1. The number of ether oxygens (including phenoxy) is 1. The third kappa shape index (κ3) is 2.45. The van der Waals surface area contributed by atoms with Gasteiger partial charge in [0, 0.05) is 27.8 Å². The van der Waals surface area contributed by atoms with Gasteiger partial charge in [0.15, 0.2) is 5.78 Å². The fourth-order valence-electron chi connectivity index (χ4n) is 2.31. The van der Waals surface area contributed by atoms with Crippen LogP contribution in [-0.2, 0) is 0 Å². The van der Waals surface area contributed by atoms with E-state index in [2.05, 4.69) is 25.9 Å². The zero-order valence-electron chi connectivity index (χ0n) is 11.6. The molecule has 0 aliphatic carbocycles. The van der Waals surface area contributed by atoms with Gasteiger partial charge in [-0.3, -0.25) is 4.79 Å². The largest absolute Gasteiger partial charge is 0.496 e. The van der Waals surface area contributed by atoms with Crippen molar-refractivity contribution in [3.05, 3.63) is 57.8 Å². The molecule has 3 rings (SSSR count). The monoisotopic (exact) mass is 344 g/mol. The van der Waals surface area contributed by atoms with Gasteiger partial charge in [-0.15, -0.1) is 0 Å². The average molecular weight is 345 g/mol. The lowest BCUT2D eigenvalue weighted by Gasteiger charge is -2.08. The second-order valence-electron chi connectivity index (χ2n) is 4.78. The van der Waals surface area contributed by atoms with E-state index in [9.17, 15) is 4.79 Å². The van der Waals surface area contributed by atoms with Crippen LogP contribution < -0.4 is 4.74 Å². The van der Waals surface area contributed by atoms with Crippen LogP contribution in [0.5, 0.6) is 5.75 Å². The highest BCUT2D eigenvalue weighted by Gasteiger charge is 2.18. The van der Waals surface area contributed by atoms with E-state index in [0.717, 1.165) is 15.4 Å². The molecule has 0 saturated heterocycles. The number of carbonyl (C=O) groups is 1. The van der Waals surface area contributed by atoms with Crippen LogP contribution in [-0.4, -0.2) is 22.9 Å². The highest BCUT2D eigenvalue weighted by atomic mass is 79.9. The lowest BCUT2D eigenvalue weighted by Crippen LogP contribution is -2.04. The first kappa shape index (κ1) is 13.8. The molecule has 0 atom stereocenters. The summed E-state index contributed by atoms with van der Waals surface area (Å²) in [7, 11) is 1.56. The van der Waals surface area contributed by atoms with E-state index < -0.39 is 0 Å². The second-order valence-corrected chi connectivity index (χ2v) is 5.70. The summed E-state index contributed by atoms with van der Waals surface area (Å²) < 4.78 is 6.13. The number of H-pyrrole nitrogens is 1. The quantitative estimate of drug-likeness (QED) is 0.733. The van der Waals surface area contributed by atoms with Crippen molar-refractivity contribution < 1.29 is 9.53 Å². The third-order valence-electron chi connectivity index (χ3n) is 3.34. The van der Waals surface area contributed by atoms with Crippen molar-refractivity contribution in [2.45, 2.75) is 6.92 Å². The van der Waals surface area contributed by atoms with Crippen LogP contribution in [0.1, 0.15) is 21.5 Å². The number of rotatable bonds is 3. The van der Waals surface area contributed by atoms with Gasteiger partial charge in [0.05, 0.1) is 12.7 Å².